The van der Waals surface area contributed by atoms with Gasteiger partial charge in [0.05, 0.1) is 47.4 Å². The summed E-state index contributed by atoms with van der Waals surface area (Å²) in [5.74, 6) is -2.14. The molecule has 0 saturated carbocycles. The smallest absolute Gasteiger partial charge is 0.344 e. The van der Waals surface area contributed by atoms with Gasteiger partial charge >= 0.3 is 5.97 Å². The van der Waals surface area contributed by atoms with E-state index >= 15 is 0 Å². The van der Waals surface area contributed by atoms with Gasteiger partial charge in [-0.3, -0.25) is 19.2 Å². The monoisotopic (exact) mass is 965 g/mol. The van der Waals surface area contributed by atoms with Crippen molar-refractivity contribution in [1.82, 2.24) is 0 Å². The third kappa shape index (κ3) is 13.1. The molecular formula is C47H56Cl4FN3O9. The Bertz CT molecular complexity index is 2140. The summed E-state index contributed by atoms with van der Waals surface area (Å²) >= 11 is 23.0. The molecule has 4 amide bonds. The number of imide groups is 1. The third-order valence-electron chi connectivity index (χ3n) is 10.6. The number of carbonyl (C=O) groups is 5. The van der Waals surface area contributed by atoms with E-state index in [1.54, 1.807) is 16.9 Å². The van der Waals surface area contributed by atoms with E-state index in [1.807, 2.05) is 64.1 Å². The maximum atomic E-state index is 14.5. The highest BCUT2D eigenvalue weighted by molar-refractivity contribution is 6.54. The Balaban J connectivity index is 0.000000223. The fourth-order valence-corrected chi connectivity index (χ4v) is 8.08. The van der Waals surface area contributed by atoms with Gasteiger partial charge in [0.25, 0.3) is 17.7 Å². The van der Waals surface area contributed by atoms with E-state index in [9.17, 15) is 28.4 Å². The summed E-state index contributed by atoms with van der Waals surface area (Å²) < 4.78 is 35.7. The van der Waals surface area contributed by atoms with Gasteiger partial charge in [0.1, 0.15) is 29.8 Å². The average Bonchev–Trinajstić information content (AvgIpc) is 3.53. The van der Waals surface area contributed by atoms with Crippen molar-refractivity contribution in [3.63, 3.8) is 0 Å². The molecule has 0 fully saturated rings. The first-order valence-corrected chi connectivity index (χ1v) is 23.1. The van der Waals surface area contributed by atoms with E-state index in [-0.39, 0.29) is 46.2 Å². The number of esters is 1. The molecule has 12 nitrogen and oxygen atoms in total. The number of rotatable bonds is 15. The number of nitrogens with zero attached hydrogens (tertiary/aromatic N) is 3. The highest BCUT2D eigenvalue weighted by atomic mass is 35.5. The van der Waals surface area contributed by atoms with Crippen LogP contribution in [0, 0.1) is 12.7 Å². The van der Waals surface area contributed by atoms with Crippen molar-refractivity contribution in [1.29, 1.82) is 0 Å². The summed E-state index contributed by atoms with van der Waals surface area (Å²) in [5, 5.41) is -0.0677. The Kier molecular flexibility index (Phi) is 20.7. The molecule has 2 atom stereocenters. The lowest BCUT2D eigenvalue weighted by Gasteiger charge is -2.35. The van der Waals surface area contributed by atoms with E-state index in [1.165, 1.54) is 6.07 Å². The molecule has 2 aliphatic heterocycles. The summed E-state index contributed by atoms with van der Waals surface area (Å²) in [4.78, 5) is 64.3. The van der Waals surface area contributed by atoms with Gasteiger partial charge in [-0.25, -0.2) is 14.1 Å². The van der Waals surface area contributed by atoms with Crippen LogP contribution in [0.3, 0.4) is 0 Å². The highest BCUT2D eigenvalue weighted by Crippen LogP contribution is 2.40. The van der Waals surface area contributed by atoms with Gasteiger partial charge in [-0.15, -0.1) is 11.6 Å². The number of carbonyl (C=O) groups excluding carboxylic acids is 5. The van der Waals surface area contributed by atoms with Crippen LogP contribution < -0.4 is 24.2 Å². The number of para-hydroxylation sites is 3. The number of amides is 4. The molecule has 0 saturated heterocycles. The molecular weight excluding hydrogens is 911 g/mol. The van der Waals surface area contributed by atoms with E-state index in [0.717, 1.165) is 72.0 Å². The van der Waals surface area contributed by atoms with Crippen molar-refractivity contribution in [2.45, 2.75) is 103 Å². The normalized spacial score (nSPS) is 15.8. The molecule has 3 aromatic carbocycles. The summed E-state index contributed by atoms with van der Waals surface area (Å²) in [6.45, 7) is 10.8. The van der Waals surface area contributed by atoms with Crippen LogP contribution in [-0.4, -0.2) is 85.9 Å². The number of halogens is 5. The van der Waals surface area contributed by atoms with Crippen LogP contribution in [0.5, 0.6) is 11.5 Å². The second-order valence-electron chi connectivity index (χ2n) is 15.3. The van der Waals surface area contributed by atoms with Crippen molar-refractivity contribution in [3.05, 3.63) is 87.7 Å². The molecule has 2 heterocycles. The first-order chi connectivity index (χ1) is 30.6. The number of anilines is 3. The van der Waals surface area contributed by atoms with Crippen LogP contribution in [0.25, 0.3) is 0 Å². The number of unbranched alkanes of at least 4 members (excludes halogenated alkanes) is 2. The van der Waals surface area contributed by atoms with Crippen molar-refractivity contribution < 1.29 is 47.3 Å². The van der Waals surface area contributed by atoms with Gasteiger partial charge in [0.2, 0.25) is 5.91 Å². The molecule has 3 aromatic rings. The van der Waals surface area contributed by atoms with E-state index in [4.69, 9.17) is 65.4 Å². The molecule has 0 bridgehead atoms. The lowest BCUT2D eigenvalue weighted by Crippen LogP contribution is -2.47. The Morgan fingerprint density at radius 3 is 2.25 bits per heavy atom. The number of hydrogen-bond acceptors (Lipinski definition) is 9. The number of alkyl halides is 3. The number of methoxy groups -OCH3 is 1. The van der Waals surface area contributed by atoms with Crippen LogP contribution >= 0.6 is 46.4 Å². The molecule has 0 N–H and O–H groups in total. The van der Waals surface area contributed by atoms with Gasteiger partial charge in [-0.2, -0.15) is 0 Å². The molecule has 1 aliphatic carbocycles. The van der Waals surface area contributed by atoms with Crippen molar-refractivity contribution in [2.75, 3.05) is 54.1 Å². The quantitative estimate of drug-likeness (QED) is 0.0632. The lowest BCUT2D eigenvalue weighted by atomic mass is 9.93. The summed E-state index contributed by atoms with van der Waals surface area (Å²) in [5.41, 5.74) is 4.60. The fourth-order valence-electron chi connectivity index (χ4n) is 7.54. The molecule has 2 unspecified atom stereocenters. The van der Waals surface area contributed by atoms with Crippen LogP contribution in [0.2, 0.25) is 5.02 Å². The predicted molar refractivity (Wildman–Crippen MR) is 250 cm³/mol. The fraction of sp³-hybridized carbons (Fsp3) is 0.468. The maximum absolute atomic E-state index is 14.5. The minimum atomic E-state index is -1.05. The number of hydrogen-bond donors (Lipinski definition) is 0. The average molecular weight is 968 g/mol. The molecule has 64 heavy (non-hydrogen) atoms. The molecule has 3 aliphatic rings. The van der Waals surface area contributed by atoms with Crippen LogP contribution in [0.15, 0.2) is 65.7 Å². The first kappa shape index (κ1) is 52.2. The number of benzene rings is 3. The topological polar surface area (TPSA) is 132 Å². The van der Waals surface area contributed by atoms with Crippen molar-refractivity contribution in [3.8, 4) is 11.5 Å². The standard InChI is InChI=1S/C21H23ClFNO5.C15H22ClNO2.C11H11Cl2NO2/c1-2-3-6-9-28-19(25)12-29-18-11-17(16(23)10-15(18)22)24-20(26)13-7-4-5-8-14(13)21(24)27;1-5-13-8-6-7-11(2)15(13)17(14(18)9-16)12(3)10-19-4;1-7-6-16-9-5-3-2-4-8(9)14(7)11(15)10(12)13/h10-11H,2-9,12H2,1H3;6-8,12H,5,9-10H2,1-4H3;2-5,7,10H,6H2,1H3. The van der Waals surface area contributed by atoms with Gasteiger partial charge in [0, 0.05) is 24.3 Å². The van der Waals surface area contributed by atoms with Gasteiger partial charge in [0.15, 0.2) is 11.4 Å². The third-order valence-corrected chi connectivity index (χ3v) is 11.5. The first-order valence-electron chi connectivity index (χ1n) is 21.3. The zero-order valence-corrected chi connectivity index (χ0v) is 40.1. The van der Waals surface area contributed by atoms with Crippen LogP contribution in [0.1, 0.15) is 83.8 Å². The molecule has 348 valence electrons. The Morgan fingerprint density at radius 2 is 1.64 bits per heavy atom. The van der Waals surface area contributed by atoms with E-state index < -0.39 is 35.0 Å². The van der Waals surface area contributed by atoms with E-state index in [0.29, 0.717) is 49.6 Å². The summed E-state index contributed by atoms with van der Waals surface area (Å²) in [6, 6.07) is 15.5. The number of aryl methyl sites for hydroxylation is 2. The lowest BCUT2D eigenvalue weighted by molar-refractivity contribution is -0.146. The minimum absolute atomic E-state index is 0.000883. The summed E-state index contributed by atoms with van der Waals surface area (Å²) in [6.07, 6.45) is 6.28. The van der Waals surface area contributed by atoms with Gasteiger partial charge in [-0.1, -0.05) is 91.8 Å². The second-order valence-corrected chi connectivity index (χ2v) is 17.1. The predicted octanol–water partition coefficient (Wildman–Crippen LogP) is 10.1. The largest absolute Gasteiger partial charge is 0.489 e. The Labute approximate surface area is 394 Å². The van der Waals surface area contributed by atoms with Crippen LogP contribution in [-0.2, 0) is 39.9 Å². The molecule has 0 radical (unpaired) electrons. The van der Waals surface area contributed by atoms with Gasteiger partial charge < -0.3 is 28.7 Å². The highest BCUT2D eigenvalue weighted by Gasteiger charge is 2.41. The van der Waals surface area contributed by atoms with E-state index in [2.05, 4.69) is 13.0 Å². The molecule has 6 rings (SSSR count). The minimum Gasteiger partial charge on any atom is -0.489 e. The zero-order valence-electron chi connectivity index (χ0n) is 37.0. The van der Waals surface area contributed by atoms with Crippen LogP contribution in [0.4, 0.5) is 21.5 Å². The maximum Gasteiger partial charge on any atom is 0.344 e. The molecule has 0 spiro atoms. The molecule has 17 heteroatoms. The number of fused-ring (bicyclic) bond motifs is 1. The van der Waals surface area contributed by atoms with Crippen molar-refractivity contribution in [2.24, 2.45) is 0 Å². The molecule has 0 aromatic heterocycles. The number of ether oxygens (including phenoxy) is 4. The summed E-state index contributed by atoms with van der Waals surface area (Å²) in [7, 11) is 1.64. The zero-order chi connectivity index (χ0) is 47.1. The Hall–Kier alpha value is -4.40. The van der Waals surface area contributed by atoms with Crippen molar-refractivity contribution >= 4 is 93.1 Å². The SMILES string of the molecule is CC1COc2ccccc2N1C(=O)C(Cl)Cl.CCCCCOC(=O)COc1cc(N2C(=O)C3=C(CCCC3)C2=O)c(F)cc1Cl.CCc1cccc(C)c1N(C(=O)CCl)C(C)COC. The second kappa shape index (κ2) is 25.3. The van der Waals surface area contributed by atoms with Gasteiger partial charge in [-0.05, 0) is 88.6 Å². The Morgan fingerprint density at radius 1 is 0.969 bits per heavy atom.